The fraction of sp³-hybridized carbons (Fsp3) is 0.0588. The molecule has 0 unspecified atom stereocenters. The van der Waals surface area contributed by atoms with Crippen molar-refractivity contribution in [2.24, 2.45) is 0 Å². The molecule has 0 atom stereocenters. The molecule has 8 heteroatoms. The molecule has 128 valence electrons. The van der Waals surface area contributed by atoms with Crippen LogP contribution in [0.5, 0.6) is 0 Å². The minimum atomic E-state index is -0.460. The average Bonchev–Trinajstić information content (AvgIpc) is 2.91. The molecule has 0 aliphatic carbocycles. The second-order valence-corrected chi connectivity index (χ2v) is 6.40. The van der Waals surface area contributed by atoms with Gasteiger partial charge in [0, 0.05) is 16.3 Å². The van der Waals surface area contributed by atoms with Crippen LogP contribution in [0.15, 0.2) is 47.0 Å². The van der Waals surface area contributed by atoms with Crippen molar-refractivity contribution >= 4 is 52.2 Å². The van der Waals surface area contributed by atoms with Crippen molar-refractivity contribution in [2.75, 3.05) is 10.6 Å². The standard InChI is InChI=1S/C17H12Cl3N3O2/c1-9-15(22-17(24)21-11-7-5-10(18)6-8-11)16(23-25-9)14-12(19)3-2-4-13(14)20/h2-8H,1H3,(H2,21,22,24). The maximum absolute atomic E-state index is 12.3. The van der Waals surface area contributed by atoms with Gasteiger partial charge in [-0.1, -0.05) is 46.0 Å². The summed E-state index contributed by atoms with van der Waals surface area (Å²) in [6, 6.07) is 11.4. The molecule has 0 saturated carbocycles. The molecule has 0 aliphatic heterocycles. The van der Waals surface area contributed by atoms with Crippen LogP contribution >= 0.6 is 34.8 Å². The van der Waals surface area contributed by atoms with E-state index in [-0.39, 0.29) is 0 Å². The number of hydrogen-bond acceptors (Lipinski definition) is 3. The number of carbonyl (C=O) groups excluding carboxylic acids is 1. The molecule has 1 heterocycles. The van der Waals surface area contributed by atoms with Gasteiger partial charge in [-0.15, -0.1) is 0 Å². The van der Waals surface area contributed by atoms with E-state index in [9.17, 15) is 4.79 Å². The molecule has 2 aromatic carbocycles. The first-order chi connectivity index (χ1) is 12.0. The SMILES string of the molecule is Cc1onc(-c2c(Cl)cccc2Cl)c1NC(=O)Nc1ccc(Cl)cc1. The number of rotatable bonds is 3. The first kappa shape index (κ1) is 17.6. The highest BCUT2D eigenvalue weighted by molar-refractivity contribution is 6.39. The van der Waals surface area contributed by atoms with Crippen LogP contribution in [-0.2, 0) is 0 Å². The van der Waals surface area contributed by atoms with Gasteiger partial charge in [0.1, 0.15) is 11.4 Å². The molecule has 0 radical (unpaired) electrons. The average molecular weight is 397 g/mol. The van der Waals surface area contributed by atoms with Gasteiger partial charge in [-0.05, 0) is 43.3 Å². The minimum Gasteiger partial charge on any atom is -0.359 e. The van der Waals surface area contributed by atoms with Crippen LogP contribution in [0.2, 0.25) is 15.1 Å². The van der Waals surface area contributed by atoms with E-state index >= 15 is 0 Å². The Balaban J connectivity index is 1.87. The van der Waals surface area contributed by atoms with Crippen LogP contribution in [0.4, 0.5) is 16.2 Å². The lowest BCUT2D eigenvalue weighted by atomic mass is 10.1. The number of anilines is 2. The van der Waals surface area contributed by atoms with Crippen LogP contribution in [-0.4, -0.2) is 11.2 Å². The molecule has 2 N–H and O–H groups in total. The van der Waals surface area contributed by atoms with Gasteiger partial charge in [0.25, 0.3) is 0 Å². The van der Waals surface area contributed by atoms with Gasteiger partial charge in [0.2, 0.25) is 0 Å². The predicted octanol–water partition coefficient (Wildman–Crippen LogP) is 6.25. The molecule has 0 aliphatic rings. The zero-order chi connectivity index (χ0) is 18.0. The Morgan fingerprint density at radius 1 is 1.00 bits per heavy atom. The summed E-state index contributed by atoms with van der Waals surface area (Å²) in [7, 11) is 0. The zero-order valence-corrected chi connectivity index (χ0v) is 15.2. The Morgan fingerprint density at radius 2 is 1.64 bits per heavy atom. The highest BCUT2D eigenvalue weighted by Crippen LogP contribution is 2.39. The van der Waals surface area contributed by atoms with Gasteiger partial charge >= 0.3 is 6.03 Å². The first-order valence-electron chi connectivity index (χ1n) is 7.20. The van der Waals surface area contributed by atoms with Gasteiger partial charge in [-0.3, -0.25) is 0 Å². The zero-order valence-electron chi connectivity index (χ0n) is 12.9. The normalized spacial score (nSPS) is 10.6. The van der Waals surface area contributed by atoms with Gasteiger partial charge in [0.15, 0.2) is 5.76 Å². The summed E-state index contributed by atoms with van der Waals surface area (Å²) in [5.74, 6) is 0.428. The van der Waals surface area contributed by atoms with E-state index in [0.29, 0.717) is 43.5 Å². The number of aromatic nitrogens is 1. The Kier molecular flexibility index (Phi) is 5.18. The number of aryl methyl sites for hydroxylation is 1. The Morgan fingerprint density at radius 3 is 2.28 bits per heavy atom. The number of benzene rings is 2. The molecule has 0 fully saturated rings. The van der Waals surface area contributed by atoms with E-state index in [0.717, 1.165) is 0 Å². The second kappa shape index (κ2) is 7.35. The number of carbonyl (C=O) groups is 1. The van der Waals surface area contributed by atoms with Crippen LogP contribution in [0.3, 0.4) is 0 Å². The maximum atomic E-state index is 12.3. The third-order valence-corrected chi connectivity index (χ3v) is 4.28. The number of nitrogens with zero attached hydrogens (tertiary/aromatic N) is 1. The number of nitrogens with one attached hydrogen (secondary N) is 2. The Labute approximate surface area is 158 Å². The molecule has 3 aromatic rings. The van der Waals surface area contributed by atoms with E-state index in [2.05, 4.69) is 15.8 Å². The molecule has 25 heavy (non-hydrogen) atoms. The van der Waals surface area contributed by atoms with Crippen molar-refractivity contribution in [1.82, 2.24) is 5.16 Å². The number of halogens is 3. The van der Waals surface area contributed by atoms with Gasteiger partial charge in [0.05, 0.1) is 10.0 Å². The molecule has 3 rings (SSSR count). The summed E-state index contributed by atoms with van der Waals surface area (Å²) < 4.78 is 5.20. The van der Waals surface area contributed by atoms with Crippen molar-refractivity contribution in [2.45, 2.75) is 6.92 Å². The summed E-state index contributed by atoms with van der Waals surface area (Å²) in [5, 5.41) is 10.8. The largest absolute Gasteiger partial charge is 0.359 e. The summed E-state index contributed by atoms with van der Waals surface area (Å²) in [4.78, 5) is 12.3. The lowest BCUT2D eigenvalue weighted by Gasteiger charge is -2.09. The van der Waals surface area contributed by atoms with Crippen molar-refractivity contribution < 1.29 is 9.32 Å². The summed E-state index contributed by atoms with van der Waals surface area (Å²) in [5.41, 5.74) is 1.83. The monoisotopic (exact) mass is 395 g/mol. The van der Waals surface area contributed by atoms with Gasteiger partial charge in [-0.2, -0.15) is 0 Å². The molecule has 1 aromatic heterocycles. The highest BCUT2D eigenvalue weighted by Gasteiger charge is 2.21. The van der Waals surface area contributed by atoms with E-state index in [4.69, 9.17) is 39.3 Å². The van der Waals surface area contributed by atoms with Crippen molar-refractivity contribution in [3.8, 4) is 11.3 Å². The smallest absolute Gasteiger partial charge is 0.323 e. The Hall–Kier alpha value is -2.21. The fourth-order valence-corrected chi connectivity index (χ4v) is 2.93. The van der Waals surface area contributed by atoms with Crippen LogP contribution in [0.25, 0.3) is 11.3 Å². The lowest BCUT2D eigenvalue weighted by Crippen LogP contribution is -2.20. The summed E-state index contributed by atoms with van der Waals surface area (Å²) in [6.07, 6.45) is 0. The molecular weight excluding hydrogens is 385 g/mol. The van der Waals surface area contributed by atoms with Gasteiger partial charge in [-0.25, -0.2) is 4.79 Å². The van der Waals surface area contributed by atoms with Crippen molar-refractivity contribution in [1.29, 1.82) is 0 Å². The summed E-state index contributed by atoms with van der Waals surface area (Å²) >= 11 is 18.3. The third-order valence-electron chi connectivity index (χ3n) is 3.40. The van der Waals surface area contributed by atoms with Gasteiger partial charge < -0.3 is 15.2 Å². The van der Waals surface area contributed by atoms with E-state index in [1.165, 1.54) is 0 Å². The van der Waals surface area contributed by atoms with Crippen molar-refractivity contribution in [3.63, 3.8) is 0 Å². The van der Waals surface area contributed by atoms with E-state index in [1.807, 2.05) is 0 Å². The van der Waals surface area contributed by atoms with E-state index in [1.54, 1.807) is 49.4 Å². The topological polar surface area (TPSA) is 67.2 Å². The molecule has 5 nitrogen and oxygen atoms in total. The maximum Gasteiger partial charge on any atom is 0.323 e. The Bertz CT molecular complexity index is 903. The molecule has 2 amide bonds. The molecule has 0 spiro atoms. The highest BCUT2D eigenvalue weighted by atomic mass is 35.5. The molecule has 0 saturated heterocycles. The van der Waals surface area contributed by atoms with Crippen LogP contribution in [0.1, 0.15) is 5.76 Å². The summed E-state index contributed by atoms with van der Waals surface area (Å²) in [6.45, 7) is 1.68. The quantitative estimate of drug-likeness (QED) is 0.549. The van der Waals surface area contributed by atoms with Crippen LogP contribution in [0, 0.1) is 6.92 Å². The lowest BCUT2D eigenvalue weighted by molar-refractivity contribution is 0.262. The third kappa shape index (κ3) is 3.90. The van der Waals surface area contributed by atoms with E-state index < -0.39 is 6.03 Å². The minimum absolute atomic E-state index is 0.361. The predicted molar refractivity (Wildman–Crippen MR) is 101 cm³/mol. The van der Waals surface area contributed by atoms with Crippen molar-refractivity contribution in [3.05, 3.63) is 63.3 Å². The number of urea groups is 1. The van der Waals surface area contributed by atoms with Crippen LogP contribution < -0.4 is 10.6 Å². The molecular formula is C17H12Cl3N3O2. The first-order valence-corrected chi connectivity index (χ1v) is 8.33. The number of amides is 2. The molecule has 0 bridgehead atoms. The second-order valence-electron chi connectivity index (χ2n) is 5.15. The number of hydrogen-bond donors (Lipinski definition) is 2. The fourth-order valence-electron chi connectivity index (χ4n) is 2.22.